The second kappa shape index (κ2) is 9.21. The molecule has 0 fully saturated rings. The first-order chi connectivity index (χ1) is 16.6. The third-order valence-corrected chi connectivity index (χ3v) is 6.46. The largest absolute Gasteiger partial charge is 0.469 e. The molecule has 2 atom stereocenters. The molecule has 0 saturated carbocycles. The van der Waals surface area contributed by atoms with Crippen molar-refractivity contribution in [3.63, 3.8) is 0 Å². The number of hydrogen-bond acceptors (Lipinski definition) is 7. The van der Waals surface area contributed by atoms with Crippen LogP contribution in [-0.4, -0.2) is 37.3 Å². The van der Waals surface area contributed by atoms with Gasteiger partial charge in [-0.25, -0.2) is 0 Å². The van der Waals surface area contributed by atoms with Gasteiger partial charge in [0, 0.05) is 48.1 Å². The molecular formula is C25H22BN3O6. The van der Waals surface area contributed by atoms with Gasteiger partial charge in [0.2, 0.25) is 0 Å². The van der Waals surface area contributed by atoms with Crippen molar-refractivity contribution >= 4 is 42.0 Å². The number of carbonyl (C=O) groups excluding carboxylic acids is 1. The Morgan fingerprint density at radius 3 is 2.14 bits per heavy atom. The number of nitrogens with zero attached hydrogens (tertiary/aromatic N) is 3. The zero-order valence-corrected chi connectivity index (χ0v) is 19.4. The standard InChI is InChI=1S/C25H22BN3O6/c1-14-10-17(28(31)32)5-7-19(14)24(25(30)35-3)21-13-27(23-8-4-16(26)12-20(21)23)22-9-6-18(29(33)34)11-15(22)2/h4-12,21,24H,13H2,1-3H3. The molecule has 0 saturated heterocycles. The fraction of sp³-hybridized carbons (Fsp3) is 0.240. The van der Waals surface area contributed by atoms with E-state index >= 15 is 0 Å². The molecule has 1 heterocycles. The van der Waals surface area contributed by atoms with Crippen LogP contribution in [0, 0.1) is 34.1 Å². The second-order valence-corrected chi connectivity index (χ2v) is 8.56. The highest BCUT2D eigenvalue weighted by atomic mass is 16.6. The van der Waals surface area contributed by atoms with E-state index in [4.69, 9.17) is 12.6 Å². The number of esters is 1. The van der Waals surface area contributed by atoms with E-state index in [0.717, 1.165) is 16.9 Å². The van der Waals surface area contributed by atoms with Gasteiger partial charge in [0.05, 0.1) is 22.9 Å². The summed E-state index contributed by atoms with van der Waals surface area (Å²) in [5.74, 6) is -1.59. The molecule has 0 spiro atoms. The summed E-state index contributed by atoms with van der Waals surface area (Å²) in [5, 5.41) is 22.4. The van der Waals surface area contributed by atoms with Gasteiger partial charge in [-0.1, -0.05) is 23.7 Å². The van der Waals surface area contributed by atoms with Crippen LogP contribution in [0.1, 0.15) is 34.1 Å². The van der Waals surface area contributed by atoms with Gasteiger partial charge < -0.3 is 9.64 Å². The first-order valence-corrected chi connectivity index (χ1v) is 10.9. The van der Waals surface area contributed by atoms with E-state index in [1.54, 1.807) is 32.0 Å². The maximum atomic E-state index is 13.1. The maximum Gasteiger partial charge on any atom is 0.313 e. The topological polar surface area (TPSA) is 116 Å². The summed E-state index contributed by atoms with van der Waals surface area (Å²) in [6.45, 7) is 3.91. The van der Waals surface area contributed by atoms with Crippen LogP contribution >= 0.6 is 0 Å². The summed E-state index contributed by atoms with van der Waals surface area (Å²) in [4.78, 5) is 36.6. The van der Waals surface area contributed by atoms with E-state index in [9.17, 15) is 25.0 Å². The second-order valence-electron chi connectivity index (χ2n) is 8.56. The van der Waals surface area contributed by atoms with E-state index in [1.807, 2.05) is 17.0 Å². The zero-order chi connectivity index (χ0) is 25.4. The van der Waals surface area contributed by atoms with Crippen molar-refractivity contribution in [2.24, 2.45) is 0 Å². The Morgan fingerprint density at radius 2 is 1.57 bits per heavy atom. The molecule has 2 unspecified atom stereocenters. The number of hydrogen-bond donors (Lipinski definition) is 0. The fourth-order valence-corrected chi connectivity index (χ4v) is 4.84. The van der Waals surface area contributed by atoms with Gasteiger partial charge in [0.25, 0.3) is 11.4 Å². The molecule has 9 nitrogen and oxygen atoms in total. The summed E-state index contributed by atoms with van der Waals surface area (Å²) in [6.07, 6.45) is 0. The highest BCUT2D eigenvalue weighted by Gasteiger charge is 2.41. The van der Waals surface area contributed by atoms with Crippen LogP contribution in [0.15, 0.2) is 54.6 Å². The van der Waals surface area contributed by atoms with Gasteiger partial charge >= 0.3 is 5.97 Å². The number of benzene rings is 3. The van der Waals surface area contributed by atoms with E-state index < -0.39 is 21.7 Å². The number of methoxy groups -OCH3 is 1. The monoisotopic (exact) mass is 471 g/mol. The Bertz CT molecular complexity index is 1360. The quantitative estimate of drug-likeness (QED) is 0.230. The molecule has 0 aliphatic carbocycles. The van der Waals surface area contributed by atoms with Crippen molar-refractivity contribution in [3.8, 4) is 0 Å². The van der Waals surface area contributed by atoms with Crippen LogP contribution < -0.4 is 10.4 Å². The Morgan fingerprint density at radius 1 is 0.971 bits per heavy atom. The van der Waals surface area contributed by atoms with Crippen LogP contribution in [0.5, 0.6) is 0 Å². The normalized spacial score (nSPS) is 15.4. The third-order valence-electron chi connectivity index (χ3n) is 6.46. The molecule has 1 aliphatic rings. The Hall–Kier alpha value is -4.21. The van der Waals surface area contributed by atoms with Crippen LogP contribution in [0.3, 0.4) is 0 Å². The predicted octanol–water partition coefficient (Wildman–Crippen LogP) is 4.11. The number of non-ortho nitro benzene ring substituents is 2. The van der Waals surface area contributed by atoms with Gasteiger partial charge in [0.15, 0.2) is 0 Å². The lowest BCUT2D eigenvalue weighted by Gasteiger charge is -2.25. The molecule has 0 bridgehead atoms. The minimum Gasteiger partial charge on any atom is -0.469 e. The van der Waals surface area contributed by atoms with Crippen molar-refractivity contribution < 1.29 is 19.4 Å². The minimum absolute atomic E-state index is 0.00605. The first-order valence-electron chi connectivity index (χ1n) is 10.9. The molecular weight excluding hydrogens is 449 g/mol. The maximum absolute atomic E-state index is 13.1. The number of ether oxygens (including phenoxy) is 1. The van der Waals surface area contributed by atoms with Crippen molar-refractivity contribution in [2.75, 3.05) is 18.6 Å². The number of anilines is 2. The average Bonchev–Trinajstić information content (AvgIpc) is 3.17. The number of nitro groups is 2. The van der Waals surface area contributed by atoms with E-state index in [1.165, 1.54) is 31.4 Å². The summed E-state index contributed by atoms with van der Waals surface area (Å²) >= 11 is 0. The summed E-state index contributed by atoms with van der Waals surface area (Å²) in [7, 11) is 7.42. The number of carbonyl (C=O) groups is 1. The minimum atomic E-state index is -0.746. The Labute approximate surface area is 203 Å². The summed E-state index contributed by atoms with van der Waals surface area (Å²) < 4.78 is 5.17. The van der Waals surface area contributed by atoms with E-state index in [-0.39, 0.29) is 17.3 Å². The molecule has 3 aromatic rings. The predicted molar refractivity (Wildman–Crippen MR) is 132 cm³/mol. The summed E-state index contributed by atoms with van der Waals surface area (Å²) in [5.41, 5.74) is 4.83. The van der Waals surface area contributed by atoms with Crippen LogP contribution in [0.25, 0.3) is 0 Å². The molecule has 176 valence electrons. The lowest BCUT2D eigenvalue weighted by Crippen LogP contribution is -2.26. The van der Waals surface area contributed by atoms with Gasteiger partial charge in [-0.05, 0) is 48.2 Å². The highest BCUT2D eigenvalue weighted by molar-refractivity contribution is 6.32. The Kier molecular flexibility index (Phi) is 6.30. The van der Waals surface area contributed by atoms with E-state index in [0.29, 0.717) is 28.7 Å². The van der Waals surface area contributed by atoms with Crippen molar-refractivity contribution in [2.45, 2.75) is 25.7 Å². The lowest BCUT2D eigenvalue weighted by atomic mass is 9.79. The molecule has 10 heteroatoms. The molecule has 2 radical (unpaired) electrons. The van der Waals surface area contributed by atoms with E-state index in [2.05, 4.69) is 0 Å². The average molecular weight is 471 g/mol. The smallest absolute Gasteiger partial charge is 0.313 e. The number of nitro benzene ring substituents is 2. The highest BCUT2D eigenvalue weighted by Crippen LogP contribution is 2.48. The molecule has 0 N–H and O–H groups in total. The Balaban J connectivity index is 1.84. The van der Waals surface area contributed by atoms with Crippen molar-refractivity contribution in [1.29, 1.82) is 0 Å². The van der Waals surface area contributed by atoms with Crippen LogP contribution in [0.4, 0.5) is 22.7 Å². The third kappa shape index (κ3) is 4.34. The van der Waals surface area contributed by atoms with Crippen LogP contribution in [0.2, 0.25) is 0 Å². The van der Waals surface area contributed by atoms with Crippen LogP contribution in [-0.2, 0) is 9.53 Å². The number of fused-ring (bicyclic) bond motifs is 1. The van der Waals surface area contributed by atoms with Gasteiger partial charge in [-0.15, -0.1) is 0 Å². The number of aryl methyl sites for hydroxylation is 2. The summed E-state index contributed by atoms with van der Waals surface area (Å²) in [6, 6.07) is 14.5. The first kappa shape index (κ1) is 23.9. The molecule has 1 aliphatic heterocycles. The van der Waals surface area contributed by atoms with Crippen molar-refractivity contribution in [3.05, 3.63) is 97.1 Å². The fourth-order valence-electron chi connectivity index (χ4n) is 4.84. The zero-order valence-electron chi connectivity index (χ0n) is 19.4. The SMILES string of the molecule is [B]c1ccc2c(c1)C(C(C(=O)OC)c1ccc([N+](=O)[O-])cc1C)CN2c1ccc([N+](=O)[O-])cc1C. The molecule has 0 aromatic heterocycles. The molecule has 3 aromatic carbocycles. The lowest BCUT2D eigenvalue weighted by molar-refractivity contribution is -0.385. The van der Waals surface area contributed by atoms with Crippen molar-refractivity contribution in [1.82, 2.24) is 0 Å². The van der Waals surface area contributed by atoms with Gasteiger partial charge in [-0.3, -0.25) is 25.0 Å². The molecule has 35 heavy (non-hydrogen) atoms. The molecule has 4 rings (SSSR count). The number of rotatable bonds is 6. The van der Waals surface area contributed by atoms with Gasteiger partial charge in [0.1, 0.15) is 7.85 Å². The van der Waals surface area contributed by atoms with Gasteiger partial charge in [-0.2, -0.15) is 0 Å². The molecule has 0 amide bonds.